The van der Waals surface area contributed by atoms with Gasteiger partial charge in [-0.2, -0.15) is 0 Å². The Morgan fingerprint density at radius 2 is 1.59 bits per heavy atom. The fraction of sp³-hybridized carbons (Fsp3) is 0.0870. The molecule has 0 radical (unpaired) electrons. The Labute approximate surface area is 204 Å². The van der Waals surface area contributed by atoms with Gasteiger partial charge in [-0.3, -0.25) is 25.8 Å². The van der Waals surface area contributed by atoms with Gasteiger partial charge in [0.05, 0.1) is 11.1 Å². The first-order chi connectivity index (χ1) is 15.4. The van der Waals surface area contributed by atoms with Gasteiger partial charge in [0.1, 0.15) is 5.75 Å². The molecule has 0 aromatic heterocycles. The zero-order valence-electron chi connectivity index (χ0n) is 16.7. The van der Waals surface area contributed by atoms with Gasteiger partial charge < -0.3 is 4.74 Å². The maximum absolute atomic E-state index is 12.4. The number of thiocarbonyl (C=S) groups is 1. The van der Waals surface area contributed by atoms with Crippen LogP contribution in [0.3, 0.4) is 0 Å². The van der Waals surface area contributed by atoms with Gasteiger partial charge in [-0.15, -0.1) is 0 Å². The quantitative estimate of drug-likeness (QED) is 0.318. The number of benzene rings is 3. The van der Waals surface area contributed by atoms with E-state index in [2.05, 4.69) is 32.1 Å². The Kier molecular flexibility index (Phi) is 8.61. The van der Waals surface area contributed by atoms with Gasteiger partial charge in [-0.1, -0.05) is 41.9 Å². The van der Waals surface area contributed by atoms with Gasteiger partial charge >= 0.3 is 0 Å². The molecule has 9 heteroatoms. The molecule has 0 aliphatic carbocycles. The van der Waals surface area contributed by atoms with Crippen molar-refractivity contribution in [2.24, 2.45) is 0 Å². The summed E-state index contributed by atoms with van der Waals surface area (Å²) < 4.78 is 6.44. The molecule has 3 rings (SSSR count). The summed E-state index contributed by atoms with van der Waals surface area (Å²) in [5.41, 5.74) is 6.86. The predicted octanol–water partition coefficient (Wildman–Crippen LogP) is 4.67. The Bertz CT molecular complexity index is 1110. The highest BCUT2D eigenvalue weighted by Crippen LogP contribution is 2.26. The van der Waals surface area contributed by atoms with Crippen molar-refractivity contribution in [2.75, 3.05) is 6.61 Å². The van der Waals surface area contributed by atoms with E-state index in [1.54, 1.807) is 42.5 Å². The monoisotopic (exact) mass is 531 g/mol. The molecule has 0 heterocycles. The van der Waals surface area contributed by atoms with Crippen LogP contribution in [0.25, 0.3) is 0 Å². The van der Waals surface area contributed by atoms with Crippen LogP contribution in [-0.4, -0.2) is 23.5 Å². The highest BCUT2D eigenvalue weighted by molar-refractivity contribution is 9.10. The van der Waals surface area contributed by atoms with Gasteiger partial charge in [-0.05, 0) is 76.2 Å². The van der Waals surface area contributed by atoms with E-state index < -0.39 is 11.8 Å². The van der Waals surface area contributed by atoms with E-state index in [1.807, 2.05) is 30.3 Å². The number of hydrogen-bond donors (Lipinski definition) is 3. The van der Waals surface area contributed by atoms with Gasteiger partial charge in [0, 0.05) is 22.6 Å². The number of hydrogen-bond acceptors (Lipinski definition) is 4. The first-order valence-corrected chi connectivity index (χ1v) is 11.1. The summed E-state index contributed by atoms with van der Waals surface area (Å²) in [5.74, 6) is -0.216. The summed E-state index contributed by atoms with van der Waals surface area (Å²) in [4.78, 5) is 24.5. The molecular weight excluding hydrogens is 514 g/mol. The molecule has 164 valence electrons. The van der Waals surface area contributed by atoms with Crippen molar-refractivity contribution < 1.29 is 14.3 Å². The van der Waals surface area contributed by atoms with Crippen molar-refractivity contribution in [3.8, 4) is 5.75 Å². The number of halogens is 2. The normalized spacial score (nSPS) is 10.2. The number of hydrazine groups is 1. The lowest BCUT2D eigenvalue weighted by Crippen LogP contribution is -2.48. The maximum Gasteiger partial charge on any atom is 0.269 e. The molecule has 32 heavy (non-hydrogen) atoms. The molecule has 0 bridgehead atoms. The lowest BCUT2D eigenvalue weighted by molar-refractivity contribution is 0.0934. The molecule has 0 spiro atoms. The largest absolute Gasteiger partial charge is 0.492 e. The maximum atomic E-state index is 12.4. The number of amides is 2. The van der Waals surface area contributed by atoms with Gasteiger partial charge in [0.15, 0.2) is 5.11 Å². The molecule has 3 aromatic rings. The van der Waals surface area contributed by atoms with Gasteiger partial charge in [0.25, 0.3) is 11.8 Å². The standard InChI is InChI=1S/C23H19BrClN3O3S/c24-19-14-17(8-11-20(19)31-13-12-15-4-2-1-3-5-15)21(29)26-23(32)28-27-22(30)16-6-9-18(25)10-7-16/h1-11,14H,12-13H2,(H,27,30)(H2,26,28,29,32). The van der Waals surface area contributed by atoms with E-state index in [9.17, 15) is 9.59 Å². The van der Waals surface area contributed by atoms with E-state index in [-0.39, 0.29) is 5.11 Å². The number of carbonyl (C=O) groups is 2. The molecule has 0 unspecified atom stereocenters. The average molecular weight is 533 g/mol. The Morgan fingerprint density at radius 1 is 0.906 bits per heavy atom. The molecule has 2 amide bonds. The SMILES string of the molecule is O=C(NNC(=S)NC(=O)c1ccc(OCCc2ccccc2)c(Br)c1)c1ccc(Cl)cc1. The van der Waals surface area contributed by atoms with Crippen molar-refractivity contribution in [3.63, 3.8) is 0 Å². The van der Waals surface area contributed by atoms with E-state index in [0.29, 0.717) is 33.0 Å². The summed E-state index contributed by atoms with van der Waals surface area (Å²) in [6.45, 7) is 0.509. The fourth-order valence-corrected chi connectivity index (χ4v) is 3.44. The van der Waals surface area contributed by atoms with Gasteiger partial charge in [0.2, 0.25) is 0 Å². The molecule has 0 aliphatic rings. The van der Waals surface area contributed by atoms with Crippen LogP contribution in [0.5, 0.6) is 5.75 Å². The lowest BCUT2D eigenvalue weighted by Gasteiger charge is -2.12. The van der Waals surface area contributed by atoms with E-state index in [0.717, 1.165) is 6.42 Å². The topological polar surface area (TPSA) is 79.5 Å². The first-order valence-electron chi connectivity index (χ1n) is 9.56. The molecule has 0 fully saturated rings. The summed E-state index contributed by atoms with van der Waals surface area (Å²) >= 11 is 14.3. The van der Waals surface area contributed by atoms with Gasteiger partial charge in [-0.25, -0.2) is 0 Å². The molecule has 0 aliphatic heterocycles. The van der Waals surface area contributed by atoms with Crippen LogP contribution in [0.4, 0.5) is 0 Å². The minimum atomic E-state index is -0.431. The van der Waals surface area contributed by atoms with E-state index in [1.165, 1.54) is 5.56 Å². The van der Waals surface area contributed by atoms with Crippen molar-refractivity contribution in [1.29, 1.82) is 0 Å². The Balaban J connectivity index is 1.47. The third kappa shape index (κ3) is 7.05. The molecule has 0 saturated heterocycles. The highest BCUT2D eigenvalue weighted by atomic mass is 79.9. The van der Waals surface area contributed by atoms with Crippen LogP contribution >= 0.6 is 39.7 Å². The number of nitrogens with one attached hydrogen (secondary N) is 3. The average Bonchev–Trinajstić information content (AvgIpc) is 2.79. The molecule has 0 saturated carbocycles. The number of rotatable bonds is 6. The smallest absolute Gasteiger partial charge is 0.269 e. The Morgan fingerprint density at radius 3 is 2.28 bits per heavy atom. The first kappa shape index (κ1) is 23.7. The van der Waals surface area contributed by atoms with Crippen LogP contribution in [0.15, 0.2) is 77.3 Å². The van der Waals surface area contributed by atoms with E-state index >= 15 is 0 Å². The molecule has 3 N–H and O–H groups in total. The minimum absolute atomic E-state index is 0.0448. The van der Waals surface area contributed by atoms with Crippen LogP contribution in [0, 0.1) is 0 Å². The second kappa shape index (κ2) is 11.6. The Hall–Kier alpha value is -2.94. The summed E-state index contributed by atoms with van der Waals surface area (Å²) in [6.07, 6.45) is 0.775. The fourth-order valence-electron chi connectivity index (χ4n) is 2.68. The number of ether oxygens (including phenoxy) is 1. The third-order valence-corrected chi connectivity index (χ3v) is 5.38. The van der Waals surface area contributed by atoms with Crippen LogP contribution < -0.4 is 20.9 Å². The second-order valence-corrected chi connectivity index (χ2v) is 8.30. The van der Waals surface area contributed by atoms with Crippen LogP contribution in [0.2, 0.25) is 5.02 Å². The summed E-state index contributed by atoms with van der Waals surface area (Å²) in [6, 6.07) is 21.4. The van der Waals surface area contributed by atoms with Crippen LogP contribution in [-0.2, 0) is 6.42 Å². The molecule has 6 nitrogen and oxygen atoms in total. The minimum Gasteiger partial charge on any atom is -0.492 e. The number of carbonyl (C=O) groups excluding carboxylic acids is 2. The summed E-state index contributed by atoms with van der Waals surface area (Å²) in [5, 5.41) is 2.99. The van der Waals surface area contributed by atoms with E-state index in [4.69, 9.17) is 28.6 Å². The van der Waals surface area contributed by atoms with Crippen molar-refractivity contribution in [2.45, 2.75) is 6.42 Å². The van der Waals surface area contributed by atoms with Crippen molar-refractivity contribution in [3.05, 3.63) is 99.0 Å². The molecule has 0 atom stereocenters. The highest BCUT2D eigenvalue weighted by Gasteiger charge is 2.12. The second-order valence-electron chi connectivity index (χ2n) is 6.60. The zero-order valence-corrected chi connectivity index (χ0v) is 19.9. The zero-order chi connectivity index (χ0) is 22.9. The van der Waals surface area contributed by atoms with Crippen LogP contribution in [0.1, 0.15) is 26.3 Å². The van der Waals surface area contributed by atoms with Crippen molar-refractivity contribution in [1.82, 2.24) is 16.2 Å². The summed E-state index contributed by atoms with van der Waals surface area (Å²) in [7, 11) is 0. The molecule has 3 aromatic carbocycles. The lowest BCUT2D eigenvalue weighted by atomic mass is 10.2. The predicted molar refractivity (Wildman–Crippen MR) is 132 cm³/mol. The third-order valence-electron chi connectivity index (χ3n) is 4.31. The molecular formula is C23H19BrClN3O3S. The van der Waals surface area contributed by atoms with Crippen molar-refractivity contribution >= 4 is 56.7 Å².